The van der Waals surface area contributed by atoms with Crippen LogP contribution in [-0.2, 0) is 0 Å². The molecule has 5 heteroatoms. The average molecular weight is 355 g/mol. The summed E-state index contributed by atoms with van der Waals surface area (Å²) >= 11 is 5.97. The van der Waals surface area contributed by atoms with E-state index in [4.69, 9.17) is 16.0 Å². The molecule has 1 N–H and O–H groups in total. The second-order valence-corrected chi connectivity index (χ2v) is 7.07. The Labute approximate surface area is 151 Å². The van der Waals surface area contributed by atoms with Crippen molar-refractivity contribution in [2.45, 2.75) is 13.3 Å². The lowest BCUT2D eigenvalue weighted by Crippen LogP contribution is -2.19. The molecule has 1 aromatic heterocycles. The number of benzene rings is 2. The first-order chi connectivity index (χ1) is 12.1. The highest BCUT2D eigenvalue weighted by Crippen LogP contribution is 2.26. The third-order valence-corrected chi connectivity index (χ3v) is 4.85. The van der Waals surface area contributed by atoms with Crippen molar-refractivity contribution in [2.24, 2.45) is 5.92 Å². The Kier molecular flexibility index (Phi) is 4.14. The van der Waals surface area contributed by atoms with Crippen LogP contribution in [0.1, 0.15) is 23.9 Å². The number of hydrogen-bond donors (Lipinski definition) is 1. The summed E-state index contributed by atoms with van der Waals surface area (Å²) in [5.74, 6) is 0.741. The van der Waals surface area contributed by atoms with Gasteiger partial charge in [-0.15, -0.1) is 0 Å². The van der Waals surface area contributed by atoms with Gasteiger partial charge < -0.3 is 14.6 Å². The molecule has 25 heavy (non-hydrogen) atoms. The normalized spacial score (nSPS) is 17.2. The van der Waals surface area contributed by atoms with E-state index in [1.54, 1.807) is 24.3 Å². The monoisotopic (exact) mass is 354 g/mol. The van der Waals surface area contributed by atoms with Crippen LogP contribution in [0.5, 0.6) is 0 Å². The van der Waals surface area contributed by atoms with Crippen LogP contribution >= 0.6 is 11.6 Å². The van der Waals surface area contributed by atoms with Crippen LogP contribution in [0.4, 0.5) is 11.4 Å². The summed E-state index contributed by atoms with van der Waals surface area (Å²) in [4.78, 5) is 14.8. The number of rotatable bonds is 3. The molecule has 2 heterocycles. The fourth-order valence-electron chi connectivity index (χ4n) is 3.24. The zero-order chi connectivity index (χ0) is 17.4. The quantitative estimate of drug-likeness (QED) is 0.704. The van der Waals surface area contributed by atoms with Crippen molar-refractivity contribution in [1.82, 2.24) is 0 Å². The molecule has 4 rings (SSSR count). The lowest BCUT2D eigenvalue weighted by molar-refractivity contribution is 0.0998. The lowest BCUT2D eigenvalue weighted by atomic mass is 10.2. The number of halogens is 1. The molecule has 1 aliphatic rings. The minimum absolute atomic E-state index is 0.269. The summed E-state index contributed by atoms with van der Waals surface area (Å²) in [6.07, 6.45) is 1.23. The van der Waals surface area contributed by atoms with Gasteiger partial charge in [-0.2, -0.15) is 0 Å². The Hall–Kier alpha value is -2.46. The number of nitrogens with zero attached hydrogens (tertiary/aromatic N) is 1. The van der Waals surface area contributed by atoms with Crippen LogP contribution in [0, 0.1) is 5.92 Å². The number of hydrogen-bond acceptors (Lipinski definition) is 3. The molecular weight excluding hydrogens is 336 g/mol. The van der Waals surface area contributed by atoms with E-state index in [0.29, 0.717) is 10.6 Å². The third kappa shape index (κ3) is 3.35. The van der Waals surface area contributed by atoms with Crippen LogP contribution in [0.3, 0.4) is 0 Å². The van der Waals surface area contributed by atoms with Gasteiger partial charge in [0.2, 0.25) is 0 Å². The average Bonchev–Trinajstić information content (AvgIpc) is 3.21. The molecule has 1 aliphatic heterocycles. The standard InChI is InChI=1S/C20H19ClN2O2/c1-13-8-9-23(12-13)17-5-3-16(4-6-17)22-20(24)19-11-14-10-15(21)2-7-18(14)25-19/h2-7,10-11,13H,8-9,12H2,1H3,(H,22,24). The molecule has 0 spiro atoms. The van der Waals surface area contributed by atoms with Gasteiger partial charge in [0.05, 0.1) is 0 Å². The molecule has 1 amide bonds. The summed E-state index contributed by atoms with van der Waals surface area (Å²) in [6.45, 7) is 4.46. The largest absolute Gasteiger partial charge is 0.451 e. The fraction of sp³-hybridized carbons (Fsp3) is 0.250. The third-order valence-electron chi connectivity index (χ3n) is 4.62. The van der Waals surface area contributed by atoms with E-state index in [1.165, 1.54) is 12.1 Å². The van der Waals surface area contributed by atoms with Crippen molar-refractivity contribution in [3.63, 3.8) is 0 Å². The van der Waals surface area contributed by atoms with E-state index < -0.39 is 0 Å². The number of fused-ring (bicyclic) bond motifs is 1. The maximum absolute atomic E-state index is 12.4. The van der Waals surface area contributed by atoms with Crippen molar-refractivity contribution in [3.05, 3.63) is 59.3 Å². The molecule has 2 aromatic carbocycles. The molecule has 1 unspecified atom stereocenters. The summed E-state index contributed by atoms with van der Waals surface area (Å²) in [5, 5.41) is 4.31. The highest BCUT2D eigenvalue weighted by Gasteiger charge is 2.19. The number of furan rings is 1. The maximum Gasteiger partial charge on any atom is 0.291 e. The molecule has 1 saturated heterocycles. The second-order valence-electron chi connectivity index (χ2n) is 6.63. The lowest BCUT2D eigenvalue weighted by Gasteiger charge is -2.18. The van der Waals surface area contributed by atoms with Gasteiger partial charge in [-0.05, 0) is 60.9 Å². The smallest absolute Gasteiger partial charge is 0.291 e. The van der Waals surface area contributed by atoms with E-state index in [2.05, 4.69) is 17.1 Å². The number of carbonyl (C=O) groups excluding carboxylic acids is 1. The van der Waals surface area contributed by atoms with Gasteiger partial charge in [0.25, 0.3) is 5.91 Å². The summed E-state index contributed by atoms with van der Waals surface area (Å²) in [6, 6.07) is 14.9. The zero-order valence-corrected chi connectivity index (χ0v) is 14.7. The Morgan fingerprint density at radius 3 is 2.72 bits per heavy atom. The van der Waals surface area contributed by atoms with Gasteiger partial charge in [-0.25, -0.2) is 0 Å². The van der Waals surface area contributed by atoms with Crippen LogP contribution in [0.25, 0.3) is 11.0 Å². The molecule has 128 valence electrons. The van der Waals surface area contributed by atoms with Crippen LogP contribution in [0.2, 0.25) is 5.02 Å². The number of anilines is 2. The highest BCUT2D eigenvalue weighted by molar-refractivity contribution is 6.31. The minimum Gasteiger partial charge on any atom is -0.451 e. The molecule has 4 nitrogen and oxygen atoms in total. The molecule has 0 bridgehead atoms. The van der Waals surface area contributed by atoms with Gasteiger partial charge in [0.1, 0.15) is 5.58 Å². The first-order valence-corrected chi connectivity index (χ1v) is 8.82. The van der Waals surface area contributed by atoms with E-state index in [0.717, 1.165) is 30.1 Å². The van der Waals surface area contributed by atoms with E-state index in [9.17, 15) is 4.79 Å². The summed E-state index contributed by atoms with van der Waals surface area (Å²) in [7, 11) is 0. The van der Waals surface area contributed by atoms with Crippen molar-refractivity contribution in [2.75, 3.05) is 23.3 Å². The Bertz CT molecular complexity index is 917. The SMILES string of the molecule is CC1CCN(c2ccc(NC(=O)c3cc4cc(Cl)ccc4o3)cc2)C1. The zero-order valence-electron chi connectivity index (χ0n) is 14.0. The van der Waals surface area contributed by atoms with Gasteiger partial charge in [0, 0.05) is 34.9 Å². The summed E-state index contributed by atoms with van der Waals surface area (Å²) < 4.78 is 5.59. The summed E-state index contributed by atoms with van der Waals surface area (Å²) in [5.41, 5.74) is 2.59. The maximum atomic E-state index is 12.4. The fourth-order valence-corrected chi connectivity index (χ4v) is 3.42. The minimum atomic E-state index is -0.269. The number of nitrogens with one attached hydrogen (secondary N) is 1. The van der Waals surface area contributed by atoms with Gasteiger partial charge in [0.15, 0.2) is 5.76 Å². The molecule has 0 saturated carbocycles. The van der Waals surface area contributed by atoms with Gasteiger partial charge >= 0.3 is 0 Å². The van der Waals surface area contributed by atoms with Gasteiger partial charge in [-0.3, -0.25) is 4.79 Å². The molecule has 1 atom stereocenters. The first-order valence-electron chi connectivity index (χ1n) is 8.44. The Morgan fingerprint density at radius 1 is 1.20 bits per heavy atom. The first kappa shape index (κ1) is 16.0. The van der Waals surface area contributed by atoms with Crippen LogP contribution < -0.4 is 10.2 Å². The van der Waals surface area contributed by atoms with E-state index in [1.807, 2.05) is 24.3 Å². The van der Waals surface area contributed by atoms with Gasteiger partial charge in [-0.1, -0.05) is 18.5 Å². The molecular formula is C20H19ClN2O2. The Balaban J connectivity index is 1.48. The molecule has 0 aliphatic carbocycles. The van der Waals surface area contributed by atoms with Crippen molar-refractivity contribution < 1.29 is 9.21 Å². The predicted molar refractivity (Wildman–Crippen MR) is 102 cm³/mol. The molecule has 1 fully saturated rings. The van der Waals surface area contributed by atoms with E-state index >= 15 is 0 Å². The topological polar surface area (TPSA) is 45.5 Å². The molecule has 3 aromatic rings. The molecule has 0 radical (unpaired) electrons. The van der Waals surface area contributed by atoms with Crippen molar-refractivity contribution in [1.29, 1.82) is 0 Å². The van der Waals surface area contributed by atoms with Crippen molar-refractivity contribution in [3.8, 4) is 0 Å². The number of carbonyl (C=O) groups is 1. The highest BCUT2D eigenvalue weighted by atomic mass is 35.5. The van der Waals surface area contributed by atoms with Crippen molar-refractivity contribution >= 4 is 39.9 Å². The Morgan fingerprint density at radius 2 is 2.00 bits per heavy atom. The van der Waals surface area contributed by atoms with E-state index in [-0.39, 0.29) is 11.7 Å². The van der Waals surface area contributed by atoms with Crippen LogP contribution in [0.15, 0.2) is 52.9 Å². The number of amides is 1. The predicted octanol–water partition coefficient (Wildman–Crippen LogP) is 5.18. The second kappa shape index (κ2) is 6.45. The van der Waals surface area contributed by atoms with Crippen LogP contribution in [-0.4, -0.2) is 19.0 Å².